The molecule has 0 atom stereocenters. The van der Waals surface area contributed by atoms with E-state index in [1.807, 2.05) is 0 Å². The molecule has 0 heterocycles. The maximum atomic E-state index is 4.57. The average molecular weight is 233 g/mol. The van der Waals surface area contributed by atoms with Crippen molar-refractivity contribution in [2.75, 3.05) is 6.54 Å². The van der Waals surface area contributed by atoms with E-state index in [4.69, 9.17) is 0 Å². The van der Waals surface area contributed by atoms with Crippen LogP contribution in [0.4, 0.5) is 5.69 Å². The van der Waals surface area contributed by atoms with Gasteiger partial charge in [0.15, 0.2) is 0 Å². The molecule has 0 saturated heterocycles. The lowest BCUT2D eigenvalue weighted by Gasteiger charge is -2.06. The minimum absolute atomic E-state index is 0.891. The summed E-state index contributed by atoms with van der Waals surface area (Å²) >= 11 is 0. The molecule has 18 heavy (non-hydrogen) atoms. The highest BCUT2D eigenvalue weighted by Crippen LogP contribution is 2.27. The fraction of sp³-hybridized carbons (Fsp3) is 0.176. The molecule has 1 nitrogen and oxygen atoms in total. The first kappa shape index (κ1) is 11.1. The van der Waals surface area contributed by atoms with Crippen LogP contribution in [0.2, 0.25) is 0 Å². The Hall–Kier alpha value is -2.02. The third-order valence-corrected chi connectivity index (χ3v) is 3.16. The Balaban J connectivity index is 2.20. The number of nitrogens with zero attached hydrogens (tertiary/aromatic N) is 1. The van der Waals surface area contributed by atoms with Crippen LogP contribution >= 0.6 is 0 Å². The molecule has 3 aromatic rings. The summed E-state index contributed by atoms with van der Waals surface area (Å²) < 4.78 is 0. The van der Waals surface area contributed by atoms with Gasteiger partial charge in [0.05, 0.1) is 5.69 Å². The average Bonchev–Trinajstić information content (AvgIpc) is 2.45. The van der Waals surface area contributed by atoms with Gasteiger partial charge in [0, 0.05) is 6.54 Å². The van der Waals surface area contributed by atoms with Crippen molar-refractivity contribution in [2.45, 2.75) is 13.3 Å². The van der Waals surface area contributed by atoms with Crippen molar-refractivity contribution in [3.8, 4) is 0 Å². The van der Waals surface area contributed by atoms with E-state index < -0.39 is 0 Å². The third kappa shape index (κ3) is 1.92. The van der Waals surface area contributed by atoms with E-state index in [1.54, 1.807) is 0 Å². The van der Waals surface area contributed by atoms with E-state index in [-0.39, 0.29) is 0 Å². The van der Waals surface area contributed by atoms with Crippen LogP contribution in [0.3, 0.4) is 0 Å². The first-order valence-electron chi connectivity index (χ1n) is 6.39. The molecule has 0 aliphatic carbocycles. The first-order chi connectivity index (χ1) is 8.88. The van der Waals surface area contributed by atoms with Gasteiger partial charge in [-0.15, -0.1) is 0 Å². The van der Waals surface area contributed by atoms with Gasteiger partial charge in [0.1, 0.15) is 0 Å². The molecule has 3 rings (SSSR count). The van der Waals surface area contributed by atoms with E-state index in [2.05, 4.69) is 66.8 Å². The van der Waals surface area contributed by atoms with Crippen molar-refractivity contribution in [3.63, 3.8) is 0 Å². The second-order valence-electron chi connectivity index (χ2n) is 4.49. The van der Waals surface area contributed by atoms with Gasteiger partial charge < -0.3 is 0 Å². The molecule has 88 valence electrons. The van der Waals surface area contributed by atoms with Crippen LogP contribution in [0.15, 0.2) is 48.5 Å². The number of fused-ring (bicyclic) bond motifs is 3. The van der Waals surface area contributed by atoms with E-state index in [0.717, 1.165) is 24.0 Å². The molecular formula is C17H15N. The number of rotatable bonds is 3. The van der Waals surface area contributed by atoms with Crippen LogP contribution < -0.4 is 5.32 Å². The molecule has 3 aromatic carbocycles. The largest absolute Gasteiger partial charge is 0.285 e. The van der Waals surface area contributed by atoms with E-state index >= 15 is 0 Å². The number of hydrogen-bond donors (Lipinski definition) is 0. The molecule has 2 radical (unpaired) electrons. The summed E-state index contributed by atoms with van der Waals surface area (Å²) in [5, 5.41) is 9.48. The predicted octanol–water partition coefficient (Wildman–Crippen LogP) is 4.44. The lowest BCUT2D eigenvalue weighted by Crippen LogP contribution is -1.97. The predicted molar refractivity (Wildman–Crippen MR) is 77.2 cm³/mol. The Morgan fingerprint density at radius 3 is 2.83 bits per heavy atom. The molecule has 0 aromatic heterocycles. The van der Waals surface area contributed by atoms with Crippen molar-refractivity contribution in [1.29, 1.82) is 0 Å². The van der Waals surface area contributed by atoms with Gasteiger partial charge in [-0.05, 0) is 52.2 Å². The summed E-state index contributed by atoms with van der Waals surface area (Å²) in [5.41, 5.74) is 1.07. The Morgan fingerprint density at radius 1 is 1.06 bits per heavy atom. The van der Waals surface area contributed by atoms with Gasteiger partial charge in [-0.3, -0.25) is 5.32 Å². The van der Waals surface area contributed by atoms with Crippen molar-refractivity contribution in [3.05, 3.63) is 54.6 Å². The minimum Gasteiger partial charge on any atom is -0.285 e. The van der Waals surface area contributed by atoms with Crippen molar-refractivity contribution < 1.29 is 0 Å². The summed E-state index contributed by atoms with van der Waals surface area (Å²) in [5.74, 6) is 0. The SMILES string of the molecule is CCC[N]c1ccc2c[c]c3ccccc3c2c1. The Labute approximate surface area is 107 Å². The molecule has 0 unspecified atom stereocenters. The molecule has 0 saturated carbocycles. The summed E-state index contributed by atoms with van der Waals surface area (Å²) in [6, 6.07) is 20.2. The zero-order chi connectivity index (χ0) is 12.4. The van der Waals surface area contributed by atoms with Gasteiger partial charge in [0.2, 0.25) is 0 Å². The van der Waals surface area contributed by atoms with Crippen LogP contribution in [0, 0.1) is 6.07 Å². The Bertz CT molecular complexity index is 685. The highest BCUT2D eigenvalue weighted by atomic mass is 14.9. The maximum absolute atomic E-state index is 4.57. The van der Waals surface area contributed by atoms with Gasteiger partial charge in [0.25, 0.3) is 0 Å². The van der Waals surface area contributed by atoms with Crippen LogP contribution in [0.25, 0.3) is 21.5 Å². The van der Waals surface area contributed by atoms with E-state index in [1.165, 1.54) is 16.2 Å². The molecule has 0 aliphatic heterocycles. The number of hydrogen-bond acceptors (Lipinski definition) is 0. The van der Waals surface area contributed by atoms with E-state index in [0.29, 0.717) is 0 Å². The molecule has 1 heteroatoms. The second kappa shape index (κ2) is 4.69. The highest BCUT2D eigenvalue weighted by Gasteiger charge is 2.02. The standard InChI is InChI=1S/C17H15N/c1-2-11-18-15-10-9-14-8-7-13-5-3-4-6-16(13)17(14)12-15/h3-6,8-10,12H,2,11H2,1H3. The normalized spacial score (nSPS) is 10.9. The van der Waals surface area contributed by atoms with Crippen molar-refractivity contribution in [2.24, 2.45) is 0 Å². The smallest absolute Gasteiger partial charge is 0.0580 e. The zero-order valence-electron chi connectivity index (χ0n) is 10.5. The lowest BCUT2D eigenvalue weighted by molar-refractivity contribution is 0.806. The summed E-state index contributed by atoms with van der Waals surface area (Å²) in [7, 11) is 0. The van der Waals surface area contributed by atoms with Crippen LogP contribution in [-0.4, -0.2) is 6.54 Å². The Morgan fingerprint density at radius 2 is 1.94 bits per heavy atom. The van der Waals surface area contributed by atoms with Crippen LogP contribution in [-0.2, 0) is 0 Å². The number of benzene rings is 3. The van der Waals surface area contributed by atoms with Gasteiger partial charge in [-0.25, -0.2) is 0 Å². The Kier molecular flexibility index (Phi) is 2.89. The monoisotopic (exact) mass is 233 g/mol. The van der Waals surface area contributed by atoms with Gasteiger partial charge in [-0.2, -0.15) is 0 Å². The van der Waals surface area contributed by atoms with Crippen LogP contribution in [0.5, 0.6) is 0 Å². The molecule has 0 bridgehead atoms. The summed E-state index contributed by atoms with van der Waals surface area (Å²) in [4.78, 5) is 0. The molecule has 0 spiro atoms. The van der Waals surface area contributed by atoms with Crippen molar-refractivity contribution >= 4 is 27.2 Å². The zero-order valence-corrected chi connectivity index (χ0v) is 10.5. The summed E-state index contributed by atoms with van der Waals surface area (Å²) in [6.07, 6.45) is 1.08. The topological polar surface area (TPSA) is 14.1 Å². The third-order valence-electron chi connectivity index (χ3n) is 3.16. The molecule has 0 fully saturated rings. The summed E-state index contributed by atoms with van der Waals surface area (Å²) in [6.45, 7) is 3.04. The highest BCUT2D eigenvalue weighted by molar-refractivity contribution is 6.07. The fourth-order valence-corrected chi connectivity index (χ4v) is 2.24. The lowest BCUT2D eigenvalue weighted by atomic mass is 10.0. The molecule has 0 amide bonds. The minimum atomic E-state index is 0.891. The quantitative estimate of drug-likeness (QED) is 0.594. The van der Waals surface area contributed by atoms with E-state index in [9.17, 15) is 0 Å². The maximum Gasteiger partial charge on any atom is 0.0580 e. The molecular weight excluding hydrogens is 218 g/mol. The van der Waals surface area contributed by atoms with Crippen LogP contribution in [0.1, 0.15) is 13.3 Å². The van der Waals surface area contributed by atoms with Gasteiger partial charge >= 0.3 is 0 Å². The van der Waals surface area contributed by atoms with Crippen molar-refractivity contribution in [1.82, 2.24) is 5.32 Å². The fourth-order valence-electron chi connectivity index (χ4n) is 2.24. The molecule has 0 aliphatic rings. The van der Waals surface area contributed by atoms with Gasteiger partial charge in [-0.1, -0.05) is 37.3 Å². The second-order valence-corrected chi connectivity index (χ2v) is 4.49. The first-order valence-corrected chi connectivity index (χ1v) is 6.39. The molecule has 0 N–H and O–H groups in total.